The number of morpholine rings is 1. The van der Waals surface area contributed by atoms with Crippen LogP contribution in [-0.2, 0) is 23.9 Å². The van der Waals surface area contributed by atoms with Crippen LogP contribution in [0.3, 0.4) is 0 Å². The molecule has 4 saturated heterocycles. The highest BCUT2D eigenvalue weighted by atomic mass is 16.5. The molecule has 2 bridgehead atoms. The van der Waals surface area contributed by atoms with E-state index in [1.165, 1.54) is 4.90 Å². The van der Waals surface area contributed by atoms with Gasteiger partial charge < -0.3 is 29.3 Å². The Morgan fingerprint density at radius 3 is 2.42 bits per heavy atom. The smallest absolute Gasteiger partial charge is 0.248 e. The maximum Gasteiger partial charge on any atom is 0.248 e. The van der Waals surface area contributed by atoms with E-state index in [-0.39, 0.29) is 24.3 Å². The second-order valence-electron chi connectivity index (χ2n) is 10.9. The Morgan fingerprint density at radius 1 is 1.16 bits per heavy atom. The molecule has 4 rings (SSSR count). The molecule has 0 radical (unpaired) electrons. The van der Waals surface area contributed by atoms with Gasteiger partial charge in [0.05, 0.1) is 43.8 Å². The number of aliphatic hydroxyl groups is 1. The molecule has 4 aliphatic rings. The predicted molar refractivity (Wildman–Crippen MR) is 142 cm³/mol. The molecular weight excluding hydrogens is 488 g/mol. The van der Waals surface area contributed by atoms with Crippen LogP contribution in [-0.4, -0.2) is 132 Å². The van der Waals surface area contributed by atoms with Gasteiger partial charge in [-0.15, -0.1) is 13.2 Å². The van der Waals surface area contributed by atoms with Crippen molar-refractivity contribution in [2.75, 3.05) is 65.6 Å². The first-order valence-corrected chi connectivity index (χ1v) is 14.0. The van der Waals surface area contributed by atoms with E-state index in [2.05, 4.69) is 18.1 Å². The molecule has 0 aromatic carbocycles. The first-order valence-electron chi connectivity index (χ1n) is 14.0. The molecule has 4 aliphatic heterocycles. The van der Waals surface area contributed by atoms with Crippen molar-refractivity contribution in [1.29, 1.82) is 0 Å². The van der Waals surface area contributed by atoms with Crippen LogP contribution < -0.4 is 0 Å². The number of aliphatic hydroxyl groups excluding tert-OH is 1. The van der Waals surface area contributed by atoms with Crippen molar-refractivity contribution in [2.45, 2.75) is 56.9 Å². The summed E-state index contributed by atoms with van der Waals surface area (Å²) in [7, 11) is 0. The lowest BCUT2D eigenvalue weighted by Gasteiger charge is -2.39. The van der Waals surface area contributed by atoms with Crippen molar-refractivity contribution >= 4 is 17.7 Å². The summed E-state index contributed by atoms with van der Waals surface area (Å²) in [5.74, 6) is -1.98. The average molecular weight is 533 g/mol. The highest BCUT2D eigenvalue weighted by molar-refractivity contribution is 5.99. The van der Waals surface area contributed by atoms with Crippen LogP contribution in [0.2, 0.25) is 0 Å². The maximum atomic E-state index is 14.3. The zero-order valence-electron chi connectivity index (χ0n) is 22.9. The third kappa shape index (κ3) is 5.03. The average Bonchev–Trinajstić information content (AvgIpc) is 3.57. The second-order valence-corrected chi connectivity index (χ2v) is 10.9. The fourth-order valence-corrected chi connectivity index (χ4v) is 6.85. The highest BCUT2D eigenvalue weighted by Gasteiger charge is 2.75. The van der Waals surface area contributed by atoms with Crippen molar-refractivity contribution in [3.05, 3.63) is 25.3 Å². The molecule has 10 nitrogen and oxygen atoms in total. The van der Waals surface area contributed by atoms with Crippen LogP contribution in [0.4, 0.5) is 0 Å². The Hall–Kier alpha value is -2.27. The number of carbonyl (C=O) groups is 3. The van der Waals surface area contributed by atoms with E-state index in [0.29, 0.717) is 58.8 Å². The van der Waals surface area contributed by atoms with Crippen LogP contribution in [0.5, 0.6) is 0 Å². The number of amides is 3. The minimum atomic E-state index is -1.08. The van der Waals surface area contributed by atoms with Gasteiger partial charge in [-0.3, -0.25) is 19.3 Å². The van der Waals surface area contributed by atoms with Gasteiger partial charge >= 0.3 is 0 Å². The summed E-state index contributed by atoms with van der Waals surface area (Å²) in [5.41, 5.74) is -1.08. The SMILES string of the molecule is C=CCN(CCN1CCOCC1)C(=O)C1N([C@H](C)CO)C(=O)[C@@H]2[C@H](C(=O)N(CC=C)CCC)[C@@H]3CCC12O3. The molecular formula is C28H44N4O6. The molecule has 10 heteroatoms. The fourth-order valence-electron chi connectivity index (χ4n) is 6.85. The third-order valence-corrected chi connectivity index (χ3v) is 8.60. The van der Waals surface area contributed by atoms with E-state index < -0.39 is 35.6 Å². The first-order chi connectivity index (χ1) is 18.3. The number of likely N-dealkylation sites (tertiary alicyclic amines) is 1. The lowest BCUT2D eigenvalue weighted by molar-refractivity contribution is -0.151. The largest absolute Gasteiger partial charge is 0.394 e. The number of ether oxygens (including phenoxy) is 2. The zero-order valence-corrected chi connectivity index (χ0v) is 22.9. The van der Waals surface area contributed by atoms with Gasteiger partial charge in [0.25, 0.3) is 0 Å². The Bertz CT molecular complexity index is 908. The summed E-state index contributed by atoms with van der Waals surface area (Å²) >= 11 is 0. The van der Waals surface area contributed by atoms with E-state index in [9.17, 15) is 19.5 Å². The van der Waals surface area contributed by atoms with Crippen LogP contribution in [0.15, 0.2) is 25.3 Å². The second kappa shape index (κ2) is 12.3. The van der Waals surface area contributed by atoms with E-state index in [4.69, 9.17) is 9.47 Å². The van der Waals surface area contributed by atoms with Crippen LogP contribution in [0, 0.1) is 11.8 Å². The van der Waals surface area contributed by atoms with Gasteiger partial charge in [-0.05, 0) is 26.2 Å². The Morgan fingerprint density at radius 2 is 1.82 bits per heavy atom. The number of rotatable bonds is 13. The highest BCUT2D eigenvalue weighted by Crippen LogP contribution is 2.59. The van der Waals surface area contributed by atoms with Crippen molar-refractivity contribution < 1.29 is 29.0 Å². The van der Waals surface area contributed by atoms with Crippen molar-refractivity contribution in [3.63, 3.8) is 0 Å². The van der Waals surface area contributed by atoms with Gasteiger partial charge in [-0.1, -0.05) is 19.1 Å². The molecule has 4 fully saturated rings. The Labute approximate surface area is 226 Å². The van der Waals surface area contributed by atoms with E-state index in [0.717, 1.165) is 19.5 Å². The molecule has 0 saturated carbocycles. The molecule has 2 unspecified atom stereocenters. The van der Waals surface area contributed by atoms with Crippen molar-refractivity contribution in [2.24, 2.45) is 11.8 Å². The number of hydrogen-bond donors (Lipinski definition) is 1. The van der Waals surface area contributed by atoms with Crippen LogP contribution in [0.25, 0.3) is 0 Å². The number of nitrogens with zero attached hydrogens (tertiary/aromatic N) is 4. The molecule has 6 atom stereocenters. The monoisotopic (exact) mass is 532 g/mol. The molecule has 212 valence electrons. The minimum absolute atomic E-state index is 0.114. The summed E-state index contributed by atoms with van der Waals surface area (Å²) in [6.07, 6.45) is 4.93. The third-order valence-electron chi connectivity index (χ3n) is 8.60. The normalized spacial score (nSPS) is 31.2. The standard InChI is InChI=1S/C28H44N4O6/c1-5-10-30(11-6-2)25(34)22-21-8-9-28(38-21)23(22)26(35)32(20(4)19-33)24(28)27(36)31(12-7-3)14-13-29-15-17-37-18-16-29/h5,7,20-24,33H,1,3,6,8-19H2,2,4H3/t20-,21+,22-,23+,24?,28?/m1/s1. The summed E-state index contributed by atoms with van der Waals surface area (Å²) in [6.45, 7) is 16.5. The molecule has 0 aliphatic carbocycles. The van der Waals surface area contributed by atoms with Crippen molar-refractivity contribution in [3.8, 4) is 0 Å². The summed E-state index contributed by atoms with van der Waals surface area (Å²) in [6, 6.07) is -1.48. The molecule has 3 amide bonds. The van der Waals surface area contributed by atoms with E-state index in [1.54, 1.807) is 28.9 Å². The number of fused-ring (bicyclic) bond motifs is 1. The molecule has 0 aromatic heterocycles. The molecule has 1 N–H and O–H groups in total. The molecule has 0 aromatic rings. The summed E-state index contributed by atoms with van der Waals surface area (Å²) < 4.78 is 12.0. The van der Waals surface area contributed by atoms with Crippen LogP contribution in [0.1, 0.15) is 33.1 Å². The predicted octanol–water partition coefficient (Wildman–Crippen LogP) is 0.513. The summed E-state index contributed by atoms with van der Waals surface area (Å²) in [5, 5.41) is 10.1. The van der Waals surface area contributed by atoms with Gasteiger partial charge in [0.15, 0.2) is 0 Å². The Balaban J connectivity index is 1.65. The van der Waals surface area contributed by atoms with Crippen LogP contribution >= 0.6 is 0 Å². The fraction of sp³-hybridized carbons (Fsp3) is 0.750. The van der Waals surface area contributed by atoms with E-state index in [1.807, 2.05) is 6.92 Å². The summed E-state index contributed by atoms with van der Waals surface area (Å²) in [4.78, 5) is 49.4. The first kappa shape index (κ1) is 28.7. The van der Waals surface area contributed by atoms with E-state index >= 15 is 0 Å². The zero-order chi connectivity index (χ0) is 27.4. The number of carbonyl (C=O) groups excluding carboxylic acids is 3. The van der Waals surface area contributed by atoms with Gasteiger partial charge in [0, 0.05) is 45.8 Å². The Kier molecular flexibility index (Phi) is 9.28. The molecule has 38 heavy (non-hydrogen) atoms. The molecule has 4 heterocycles. The minimum Gasteiger partial charge on any atom is -0.394 e. The number of hydrogen-bond acceptors (Lipinski definition) is 7. The van der Waals surface area contributed by atoms with Crippen molar-refractivity contribution in [1.82, 2.24) is 19.6 Å². The van der Waals surface area contributed by atoms with Gasteiger partial charge in [0.2, 0.25) is 17.7 Å². The molecule has 1 spiro atoms. The van der Waals surface area contributed by atoms with Gasteiger partial charge in [0.1, 0.15) is 11.6 Å². The maximum absolute atomic E-state index is 14.3. The lowest BCUT2D eigenvalue weighted by atomic mass is 9.70. The van der Waals surface area contributed by atoms with Gasteiger partial charge in [-0.2, -0.15) is 0 Å². The van der Waals surface area contributed by atoms with Gasteiger partial charge in [-0.25, -0.2) is 0 Å². The lowest BCUT2D eigenvalue weighted by Crippen LogP contribution is -2.59. The quantitative estimate of drug-likeness (QED) is 0.345. The topological polar surface area (TPSA) is 103 Å².